The topological polar surface area (TPSA) is 115 Å². The molecular formula is C29H22N6O3. The number of hydrogen-bond acceptors (Lipinski definition) is 6. The van der Waals surface area contributed by atoms with Crippen molar-refractivity contribution in [1.29, 1.82) is 0 Å². The van der Waals surface area contributed by atoms with Crippen molar-refractivity contribution in [3.8, 4) is 17.0 Å². The van der Waals surface area contributed by atoms with Crippen molar-refractivity contribution in [2.45, 2.75) is 6.54 Å². The lowest BCUT2D eigenvalue weighted by atomic mass is 9.99. The molecule has 5 heterocycles. The number of carbonyl (C=O) groups excluding carboxylic acids is 2. The zero-order valence-electron chi connectivity index (χ0n) is 20.4. The summed E-state index contributed by atoms with van der Waals surface area (Å²) in [6, 6.07) is 16.2. The van der Waals surface area contributed by atoms with Crippen LogP contribution in [0.5, 0.6) is 5.88 Å². The van der Waals surface area contributed by atoms with E-state index in [1.807, 2.05) is 30.3 Å². The second kappa shape index (κ2) is 9.62. The molecule has 0 aliphatic rings. The van der Waals surface area contributed by atoms with E-state index in [-0.39, 0.29) is 11.8 Å². The molecule has 1 amide bonds. The fraction of sp³-hybridized carbons (Fsp3) is 0.0690. The van der Waals surface area contributed by atoms with Gasteiger partial charge in [0, 0.05) is 82.8 Å². The van der Waals surface area contributed by atoms with Gasteiger partial charge in [0.25, 0.3) is 0 Å². The van der Waals surface area contributed by atoms with E-state index in [0.29, 0.717) is 45.5 Å². The summed E-state index contributed by atoms with van der Waals surface area (Å²) in [7, 11) is 1.57. The third-order valence-corrected chi connectivity index (χ3v) is 6.42. The Morgan fingerprint density at radius 3 is 2.63 bits per heavy atom. The van der Waals surface area contributed by atoms with Crippen LogP contribution in [0.2, 0.25) is 0 Å². The molecule has 0 aliphatic heterocycles. The molecule has 0 atom stereocenters. The van der Waals surface area contributed by atoms with Gasteiger partial charge in [-0.05, 0) is 35.9 Å². The molecule has 1 aromatic carbocycles. The third kappa shape index (κ3) is 4.16. The average molecular weight is 503 g/mol. The predicted molar refractivity (Wildman–Crippen MR) is 143 cm³/mol. The van der Waals surface area contributed by atoms with Crippen molar-refractivity contribution in [2.75, 3.05) is 7.11 Å². The van der Waals surface area contributed by atoms with Gasteiger partial charge in [-0.15, -0.1) is 0 Å². The fourth-order valence-corrected chi connectivity index (χ4v) is 4.47. The van der Waals surface area contributed by atoms with Crippen LogP contribution in [0.3, 0.4) is 0 Å². The van der Waals surface area contributed by atoms with E-state index in [4.69, 9.17) is 4.74 Å². The van der Waals surface area contributed by atoms with Gasteiger partial charge in [0.15, 0.2) is 5.78 Å². The van der Waals surface area contributed by atoms with E-state index in [1.165, 1.54) is 4.57 Å². The number of aromatic nitrogens is 5. The van der Waals surface area contributed by atoms with E-state index in [2.05, 4.69) is 25.3 Å². The maximum Gasteiger partial charge on any atom is 0.326 e. The molecule has 186 valence electrons. The molecule has 5 aromatic heterocycles. The number of ketones is 1. The lowest BCUT2D eigenvalue weighted by molar-refractivity contribution is 0.104. The number of hydrogen-bond donors (Lipinski definition) is 2. The Hall–Kier alpha value is -5.31. The summed E-state index contributed by atoms with van der Waals surface area (Å²) < 4.78 is 6.65. The van der Waals surface area contributed by atoms with Crippen LogP contribution in [-0.2, 0) is 6.54 Å². The van der Waals surface area contributed by atoms with Crippen molar-refractivity contribution in [2.24, 2.45) is 0 Å². The van der Waals surface area contributed by atoms with Crippen molar-refractivity contribution < 1.29 is 14.3 Å². The highest BCUT2D eigenvalue weighted by Crippen LogP contribution is 2.29. The highest BCUT2D eigenvalue weighted by molar-refractivity contribution is 6.21. The molecule has 9 nitrogen and oxygen atoms in total. The third-order valence-electron chi connectivity index (χ3n) is 6.42. The minimum Gasteiger partial charge on any atom is -0.481 e. The number of pyridine rings is 3. The summed E-state index contributed by atoms with van der Waals surface area (Å²) in [5, 5.41) is 4.29. The SMILES string of the molecule is COc1ccc(-c2cnc3[nH]cc(C(=O)c4cccc5c4ccn5C(=O)NCc4cccnc4)c3c2)cn1. The van der Waals surface area contributed by atoms with Crippen molar-refractivity contribution in [1.82, 2.24) is 29.8 Å². The first-order valence-corrected chi connectivity index (χ1v) is 11.9. The normalized spacial score (nSPS) is 11.1. The lowest BCUT2D eigenvalue weighted by Gasteiger charge is -2.08. The molecule has 9 heteroatoms. The zero-order valence-corrected chi connectivity index (χ0v) is 20.4. The molecule has 0 saturated heterocycles. The van der Waals surface area contributed by atoms with Crippen molar-refractivity contribution >= 4 is 33.8 Å². The van der Waals surface area contributed by atoms with Crippen molar-refractivity contribution in [3.63, 3.8) is 0 Å². The van der Waals surface area contributed by atoms with E-state index < -0.39 is 0 Å². The van der Waals surface area contributed by atoms with E-state index in [9.17, 15) is 9.59 Å². The van der Waals surface area contributed by atoms with Gasteiger partial charge in [0.05, 0.1) is 12.6 Å². The summed E-state index contributed by atoms with van der Waals surface area (Å²) in [5.41, 5.74) is 4.83. The monoisotopic (exact) mass is 502 g/mol. The quantitative estimate of drug-likeness (QED) is 0.311. The minimum absolute atomic E-state index is 0.165. The molecule has 0 saturated carbocycles. The number of nitrogens with zero attached hydrogens (tertiary/aromatic N) is 4. The minimum atomic E-state index is -0.289. The smallest absolute Gasteiger partial charge is 0.326 e. The molecular weight excluding hydrogens is 480 g/mol. The first kappa shape index (κ1) is 23.1. The molecule has 0 unspecified atom stereocenters. The van der Waals surface area contributed by atoms with Gasteiger partial charge in [-0.1, -0.05) is 18.2 Å². The van der Waals surface area contributed by atoms with Crippen LogP contribution in [0.1, 0.15) is 21.5 Å². The summed E-state index contributed by atoms with van der Waals surface area (Å²) in [6.07, 6.45) is 10.2. The average Bonchev–Trinajstić information content (AvgIpc) is 3.60. The van der Waals surface area contributed by atoms with Gasteiger partial charge in [0.2, 0.25) is 5.88 Å². The lowest BCUT2D eigenvalue weighted by Crippen LogP contribution is -2.27. The highest BCUT2D eigenvalue weighted by Gasteiger charge is 2.20. The Morgan fingerprint density at radius 1 is 0.947 bits per heavy atom. The number of nitrogens with one attached hydrogen (secondary N) is 2. The largest absolute Gasteiger partial charge is 0.481 e. The number of ether oxygens (including phenoxy) is 1. The Morgan fingerprint density at radius 2 is 1.84 bits per heavy atom. The molecule has 2 N–H and O–H groups in total. The van der Waals surface area contributed by atoms with Crippen LogP contribution in [-0.4, -0.2) is 43.4 Å². The molecule has 0 bridgehead atoms. The van der Waals surface area contributed by atoms with Crippen LogP contribution in [0.25, 0.3) is 33.1 Å². The highest BCUT2D eigenvalue weighted by atomic mass is 16.5. The van der Waals surface area contributed by atoms with Gasteiger partial charge in [-0.2, -0.15) is 0 Å². The molecule has 0 fully saturated rings. The van der Waals surface area contributed by atoms with Gasteiger partial charge < -0.3 is 15.0 Å². The molecule has 6 rings (SSSR count). The summed E-state index contributed by atoms with van der Waals surface area (Å²) in [6.45, 7) is 0.347. The molecule has 6 aromatic rings. The van der Waals surface area contributed by atoms with E-state index in [0.717, 1.165) is 16.7 Å². The Kier molecular flexibility index (Phi) is 5.85. The molecule has 0 radical (unpaired) electrons. The van der Waals surface area contributed by atoms with Crippen molar-refractivity contribution in [3.05, 3.63) is 108 Å². The van der Waals surface area contributed by atoms with Crippen LogP contribution in [0.4, 0.5) is 4.79 Å². The maximum absolute atomic E-state index is 13.8. The molecule has 38 heavy (non-hydrogen) atoms. The van der Waals surface area contributed by atoms with Crippen LogP contribution < -0.4 is 10.1 Å². The number of rotatable bonds is 6. The number of amides is 1. The van der Waals surface area contributed by atoms with Gasteiger partial charge in [0.1, 0.15) is 5.65 Å². The van der Waals surface area contributed by atoms with Crippen LogP contribution in [0, 0.1) is 0 Å². The van der Waals surface area contributed by atoms with Gasteiger partial charge in [-0.25, -0.2) is 14.8 Å². The first-order chi connectivity index (χ1) is 18.6. The number of benzene rings is 1. The van der Waals surface area contributed by atoms with E-state index >= 15 is 0 Å². The number of fused-ring (bicyclic) bond motifs is 2. The van der Waals surface area contributed by atoms with Crippen LogP contribution >= 0.6 is 0 Å². The predicted octanol–water partition coefficient (Wildman–Crippen LogP) is 4.97. The number of aromatic amines is 1. The first-order valence-electron chi connectivity index (χ1n) is 11.9. The number of H-pyrrole nitrogens is 1. The second-order valence-corrected chi connectivity index (χ2v) is 8.68. The number of methoxy groups -OCH3 is 1. The second-order valence-electron chi connectivity index (χ2n) is 8.68. The Balaban J connectivity index is 1.32. The van der Waals surface area contributed by atoms with Gasteiger partial charge in [-0.3, -0.25) is 14.3 Å². The Labute approximate surface area is 217 Å². The summed E-state index contributed by atoms with van der Waals surface area (Å²) in [4.78, 5) is 42.6. The number of carbonyl (C=O) groups is 2. The van der Waals surface area contributed by atoms with Crippen LogP contribution in [0.15, 0.2) is 91.8 Å². The Bertz CT molecular complexity index is 1790. The van der Waals surface area contributed by atoms with Gasteiger partial charge >= 0.3 is 6.03 Å². The maximum atomic E-state index is 13.8. The summed E-state index contributed by atoms with van der Waals surface area (Å²) >= 11 is 0. The molecule has 0 spiro atoms. The zero-order chi connectivity index (χ0) is 26.1. The fourth-order valence-electron chi connectivity index (χ4n) is 4.47. The molecule has 0 aliphatic carbocycles. The van der Waals surface area contributed by atoms with E-state index in [1.54, 1.807) is 68.6 Å². The summed E-state index contributed by atoms with van der Waals surface area (Å²) in [5.74, 6) is 0.355. The standard InChI is InChI=1S/C29H22N6O3/c1-38-26-8-7-19(15-31-26)20-12-23-24(17-33-28(23)32-16-20)27(36)22-5-2-6-25-21(22)9-11-35(25)29(37)34-14-18-4-3-10-30-13-18/h2-13,15-17H,14H2,1H3,(H,32,33)(H,34,37).